The van der Waals surface area contributed by atoms with Crippen LogP contribution < -0.4 is 10.6 Å². The minimum atomic E-state index is -1.25. The average molecular weight is 365 g/mol. The summed E-state index contributed by atoms with van der Waals surface area (Å²) < 4.78 is 1.17. The van der Waals surface area contributed by atoms with E-state index >= 15 is 0 Å². The Bertz CT molecular complexity index is 832. The number of nitrogens with one attached hydrogen (secondary N) is 2. The molecule has 0 atom stereocenters. The van der Waals surface area contributed by atoms with Gasteiger partial charge in [-0.1, -0.05) is 17.7 Å². The molecule has 1 heterocycles. The van der Waals surface area contributed by atoms with Gasteiger partial charge in [0.2, 0.25) is 5.91 Å². The monoisotopic (exact) mass is 364 g/mol. The number of carboxylic acid groups (broad SMARTS) is 1. The molecule has 9 heteroatoms. The van der Waals surface area contributed by atoms with E-state index in [0.29, 0.717) is 10.7 Å². The van der Waals surface area contributed by atoms with E-state index in [2.05, 4.69) is 15.7 Å². The summed E-state index contributed by atoms with van der Waals surface area (Å²) in [5, 5.41) is 18.4. The number of anilines is 1. The molecule has 25 heavy (non-hydrogen) atoms. The van der Waals surface area contributed by atoms with E-state index in [4.69, 9.17) is 16.7 Å². The standard InChI is InChI=1S/C16H17ClN4O4/c1-9-3-4-12(11(17)7-9)20-13(22)5-6-18-15(23)14-10(16(24)25)8-19-21(14)2/h3-4,7-8H,5-6H2,1-2H3,(H,18,23)(H,20,22)(H,24,25). The summed E-state index contributed by atoms with van der Waals surface area (Å²) in [7, 11) is 1.47. The van der Waals surface area contributed by atoms with E-state index in [0.717, 1.165) is 11.8 Å². The summed E-state index contributed by atoms with van der Waals surface area (Å²) in [5.74, 6) is -2.18. The smallest absolute Gasteiger partial charge is 0.339 e. The summed E-state index contributed by atoms with van der Waals surface area (Å²) in [5.41, 5.74) is 1.19. The predicted molar refractivity (Wildman–Crippen MR) is 91.9 cm³/mol. The molecule has 0 saturated heterocycles. The number of carboxylic acids is 1. The van der Waals surface area contributed by atoms with Gasteiger partial charge in [-0.25, -0.2) is 4.79 Å². The van der Waals surface area contributed by atoms with E-state index < -0.39 is 11.9 Å². The van der Waals surface area contributed by atoms with Gasteiger partial charge in [-0.3, -0.25) is 14.3 Å². The Morgan fingerprint density at radius 2 is 2.04 bits per heavy atom. The van der Waals surface area contributed by atoms with Gasteiger partial charge in [-0.05, 0) is 24.6 Å². The molecule has 0 fully saturated rings. The number of carbonyl (C=O) groups excluding carboxylic acids is 2. The van der Waals surface area contributed by atoms with Crippen LogP contribution in [0.1, 0.15) is 32.8 Å². The third-order valence-electron chi connectivity index (χ3n) is 3.42. The molecule has 0 aliphatic heterocycles. The van der Waals surface area contributed by atoms with Crippen LogP contribution in [0, 0.1) is 6.92 Å². The molecule has 2 aromatic rings. The molecule has 2 rings (SSSR count). The van der Waals surface area contributed by atoms with Crippen LogP contribution >= 0.6 is 11.6 Å². The van der Waals surface area contributed by atoms with E-state index in [1.807, 2.05) is 13.0 Å². The summed E-state index contributed by atoms with van der Waals surface area (Å²) >= 11 is 6.04. The lowest BCUT2D eigenvalue weighted by atomic mass is 10.2. The zero-order valence-electron chi connectivity index (χ0n) is 13.7. The number of nitrogens with zero attached hydrogens (tertiary/aromatic N) is 2. The first-order valence-corrected chi connectivity index (χ1v) is 7.77. The van der Waals surface area contributed by atoms with Gasteiger partial charge in [0.1, 0.15) is 11.3 Å². The molecule has 0 spiro atoms. The van der Waals surface area contributed by atoms with Crippen molar-refractivity contribution < 1.29 is 19.5 Å². The highest BCUT2D eigenvalue weighted by molar-refractivity contribution is 6.33. The van der Waals surface area contributed by atoms with Crippen molar-refractivity contribution in [3.05, 3.63) is 46.2 Å². The van der Waals surface area contributed by atoms with Gasteiger partial charge in [-0.2, -0.15) is 5.10 Å². The van der Waals surface area contributed by atoms with Crippen molar-refractivity contribution in [2.75, 3.05) is 11.9 Å². The molecule has 3 N–H and O–H groups in total. The summed E-state index contributed by atoms with van der Waals surface area (Å²) in [4.78, 5) is 35.1. The highest BCUT2D eigenvalue weighted by Crippen LogP contribution is 2.22. The van der Waals surface area contributed by atoms with Crippen LogP contribution in [0.5, 0.6) is 0 Å². The van der Waals surface area contributed by atoms with Gasteiger partial charge in [0, 0.05) is 20.0 Å². The quantitative estimate of drug-likeness (QED) is 0.723. The fraction of sp³-hybridized carbons (Fsp3) is 0.250. The first-order valence-electron chi connectivity index (χ1n) is 7.39. The number of rotatable bonds is 6. The molecule has 0 radical (unpaired) electrons. The van der Waals surface area contributed by atoms with Crippen molar-refractivity contribution in [3.8, 4) is 0 Å². The fourth-order valence-corrected chi connectivity index (χ4v) is 2.45. The highest BCUT2D eigenvalue weighted by atomic mass is 35.5. The second kappa shape index (κ2) is 7.80. The van der Waals surface area contributed by atoms with Gasteiger partial charge in [-0.15, -0.1) is 0 Å². The number of carbonyl (C=O) groups is 3. The summed E-state index contributed by atoms with van der Waals surface area (Å²) in [6.07, 6.45) is 1.11. The Morgan fingerprint density at radius 3 is 2.68 bits per heavy atom. The van der Waals surface area contributed by atoms with Gasteiger partial charge >= 0.3 is 5.97 Å². The zero-order valence-corrected chi connectivity index (χ0v) is 14.4. The van der Waals surface area contributed by atoms with Crippen LogP contribution in [-0.4, -0.2) is 39.2 Å². The molecule has 2 amide bonds. The molecule has 1 aromatic heterocycles. The lowest BCUT2D eigenvalue weighted by molar-refractivity contribution is -0.116. The largest absolute Gasteiger partial charge is 0.478 e. The van der Waals surface area contributed by atoms with Crippen molar-refractivity contribution in [3.63, 3.8) is 0 Å². The molecule has 0 unspecified atom stereocenters. The topological polar surface area (TPSA) is 113 Å². The number of aryl methyl sites for hydroxylation is 2. The minimum Gasteiger partial charge on any atom is -0.478 e. The van der Waals surface area contributed by atoms with E-state index in [9.17, 15) is 14.4 Å². The fourth-order valence-electron chi connectivity index (χ4n) is 2.17. The van der Waals surface area contributed by atoms with Gasteiger partial charge in [0.15, 0.2) is 0 Å². The van der Waals surface area contributed by atoms with Crippen LogP contribution in [0.25, 0.3) is 0 Å². The summed E-state index contributed by atoms with van der Waals surface area (Å²) in [6, 6.07) is 5.25. The Balaban J connectivity index is 1.90. The molecule has 0 bridgehead atoms. The molecular formula is C16H17ClN4O4. The third kappa shape index (κ3) is 4.57. The Hall–Kier alpha value is -2.87. The van der Waals surface area contributed by atoms with Crippen LogP contribution in [0.15, 0.2) is 24.4 Å². The number of aromatic nitrogens is 2. The van der Waals surface area contributed by atoms with Crippen molar-refractivity contribution in [2.24, 2.45) is 7.05 Å². The highest BCUT2D eigenvalue weighted by Gasteiger charge is 2.21. The molecule has 8 nitrogen and oxygen atoms in total. The Kier molecular flexibility index (Phi) is 5.76. The number of amides is 2. The first-order chi connectivity index (χ1) is 11.8. The number of aromatic carboxylic acids is 1. The van der Waals surface area contributed by atoms with E-state index in [1.165, 1.54) is 11.7 Å². The third-order valence-corrected chi connectivity index (χ3v) is 3.73. The van der Waals surface area contributed by atoms with Crippen LogP contribution in [0.4, 0.5) is 5.69 Å². The molecule has 0 aliphatic rings. The zero-order chi connectivity index (χ0) is 18.6. The Morgan fingerprint density at radius 1 is 1.32 bits per heavy atom. The number of benzene rings is 1. The molecule has 0 aliphatic carbocycles. The first kappa shape index (κ1) is 18.5. The van der Waals surface area contributed by atoms with Crippen molar-refractivity contribution in [1.82, 2.24) is 15.1 Å². The van der Waals surface area contributed by atoms with Crippen LogP contribution in [0.2, 0.25) is 5.02 Å². The van der Waals surface area contributed by atoms with E-state index in [1.54, 1.807) is 12.1 Å². The molecule has 0 saturated carbocycles. The lowest BCUT2D eigenvalue weighted by Crippen LogP contribution is -2.30. The van der Waals surface area contributed by atoms with Crippen molar-refractivity contribution in [1.29, 1.82) is 0 Å². The minimum absolute atomic E-state index is 0.0101. The number of hydrogen-bond acceptors (Lipinski definition) is 4. The van der Waals surface area contributed by atoms with Crippen molar-refractivity contribution >= 4 is 35.1 Å². The van der Waals surface area contributed by atoms with Gasteiger partial charge in [0.25, 0.3) is 5.91 Å². The maximum absolute atomic E-state index is 12.1. The van der Waals surface area contributed by atoms with Gasteiger partial charge in [0.05, 0.1) is 16.9 Å². The van der Waals surface area contributed by atoms with Crippen molar-refractivity contribution in [2.45, 2.75) is 13.3 Å². The molecular weight excluding hydrogens is 348 g/mol. The number of hydrogen-bond donors (Lipinski definition) is 3. The SMILES string of the molecule is Cc1ccc(NC(=O)CCNC(=O)c2c(C(=O)O)cnn2C)c(Cl)c1. The van der Waals surface area contributed by atoms with Crippen LogP contribution in [0.3, 0.4) is 0 Å². The second-order valence-electron chi connectivity index (χ2n) is 5.37. The maximum Gasteiger partial charge on any atom is 0.339 e. The second-order valence-corrected chi connectivity index (χ2v) is 5.78. The molecule has 1 aromatic carbocycles. The summed E-state index contributed by atoms with van der Waals surface area (Å²) in [6.45, 7) is 1.93. The maximum atomic E-state index is 12.1. The predicted octanol–water partition coefficient (Wildman–Crippen LogP) is 1.84. The average Bonchev–Trinajstić information content (AvgIpc) is 2.92. The lowest BCUT2D eigenvalue weighted by Gasteiger charge is -2.09. The van der Waals surface area contributed by atoms with E-state index in [-0.39, 0.29) is 30.1 Å². The number of halogens is 1. The Labute approximate surface area is 148 Å². The van der Waals surface area contributed by atoms with Gasteiger partial charge < -0.3 is 15.7 Å². The van der Waals surface area contributed by atoms with Crippen LogP contribution in [-0.2, 0) is 11.8 Å². The normalized spacial score (nSPS) is 10.4. The molecule has 132 valence electrons.